The first-order valence-corrected chi connectivity index (χ1v) is 11.0. The molecule has 1 saturated heterocycles. The second kappa shape index (κ2) is 11.0. The predicted molar refractivity (Wildman–Crippen MR) is 121 cm³/mol. The highest BCUT2D eigenvalue weighted by Crippen LogP contribution is 2.22. The third-order valence-electron chi connectivity index (χ3n) is 5.51. The van der Waals surface area contributed by atoms with Gasteiger partial charge in [0.15, 0.2) is 5.96 Å². The monoisotopic (exact) mass is 430 g/mol. The van der Waals surface area contributed by atoms with Crippen LogP contribution in [-0.4, -0.2) is 59.8 Å². The third kappa shape index (κ3) is 5.98. The number of aromatic nitrogens is 2. The van der Waals surface area contributed by atoms with E-state index in [1.54, 1.807) is 13.2 Å². The number of aliphatic imine (C=N–C) groups is 1. The van der Waals surface area contributed by atoms with E-state index in [1.807, 2.05) is 41.2 Å². The quantitative estimate of drug-likeness (QED) is 0.523. The molecular weight excluding hydrogens is 400 g/mol. The lowest BCUT2D eigenvalue weighted by Gasteiger charge is -2.34. The van der Waals surface area contributed by atoms with Crippen LogP contribution in [0.4, 0.5) is 0 Å². The highest BCUT2D eigenvalue weighted by Gasteiger charge is 2.23. The smallest absolute Gasteiger partial charge is 0.220 e. The van der Waals surface area contributed by atoms with Crippen LogP contribution in [0.5, 0.6) is 0 Å². The fraction of sp³-hybridized carbons (Fsp3) is 0.500. The number of nitrogens with one attached hydrogen (secondary N) is 2. The normalized spacial score (nSPS) is 16.4. The Bertz CT molecular complexity index is 813. The van der Waals surface area contributed by atoms with Crippen molar-refractivity contribution in [2.45, 2.75) is 32.2 Å². The van der Waals surface area contributed by atoms with E-state index in [4.69, 9.17) is 16.6 Å². The number of hydrogen-bond donors (Lipinski definition) is 2. The standard InChI is InChI=1S/C22H31ClN6O/c1-3-25-22(28-13-9-17(10-14-28)15-21(30)24-2)26-16-20(29-12-4-11-27-29)18-5-7-19(23)8-6-18/h4-8,11-12,17,20H,3,9-10,13-16H2,1-2H3,(H,24,30)(H,25,26). The molecule has 1 unspecified atom stereocenters. The van der Waals surface area contributed by atoms with Crippen molar-refractivity contribution >= 4 is 23.5 Å². The summed E-state index contributed by atoms with van der Waals surface area (Å²) in [5.41, 5.74) is 1.12. The predicted octanol–water partition coefficient (Wildman–Crippen LogP) is 2.94. The van der Waals surface area contributed by atoms with E-state index < -0.39 is 0 Å². The summed E-state index contributed by atoms with van der Waals surface area (Å²) in [5, 5.41) is 11.3. The highest BCUT2D eigenvalue weighted by atomic mass is 35.5. The van der Waals surface area contributed by atoms with Gasteiger partial charge in [-0.1, -0.05) is 23.7 Å². The first-order chi connectivity index (χ1) is 14.6. The molecule has 30 heavy (non-hydrogen) atoms. The summed E-state index contributed by atoms with van der Waals surface area (Å²) in [5.74, 6) is 1.48. The summed E-state index contributed by atoms with van der Waals surface area (Å²) >= 11 is 6.07. The zero-order chi connectivity index (χ0) is 21.3. The summed E-state index contributed by atoms with van der Waals surface area (Å²) in [7, 11) is 1.70. The van der Waals surface area contributed by atoms with Crippen molar-refractivity contribution in [2.24, 2.45) is 10.9 Å². The number of rotatable bonds is 7. The van der Waals surface area contributed by atoms with Gasteiger partial charge in [-0.3, -0.25) is 14.5 Å². The van der Waals surface area contributed by atoms with Crippen LogP contribution in [-0.2, 0) is 4.79 Å². The van der Waals surface area contributed by atoms with E-state index in [2.05, 4.69) is 27.6 Å². The Morgan fingerprint density at radius 2 is 2.03 bits per heavy atom. The van der Waals surface area contributed by atoms with Gasteiger partial charge >= 0.3 is 0 Å². The molecule has 1 aliphatic heterocycles. The molecule has 3 rings (SSSR count). The van der Waals surface area contributed by atoms with E-state index >= 15 is 0 Å². The van der Waals surface area contributed by atoms with Gasteiger partial charge < -0.3 is 15.5 Å². The lowest BCUT2D eigenvalue weighted by molar-refractivity contribution is -0.121. The second-order valence-corrected chi connectivity index (χ2v) is 7.99. The molecule has 8 heteroatoms. The Morgan fingerprint density at radius 3 is 2.63 bits per heavy atom. The summed E-state index contributed by atoms with van der Waals surface area (Å²) in [6, 6.07) is 9.79. The number of nitrogens with zero attached hydrogens (tertiary/aromatic N) is 4. The van der Waals surface area contributed by atoms with Crippen LogP contribution in [0.1, 0.15) is 37.8 Å². The first kappa shape index (κ1) is 22.2. The maximum atomic E-state index is 11.7. The Hall–Kier alpha value is -2.54. The van der Waals surface area contributed by atoms with Crippen LogP contribution in [0.25, 0.3) is 0 Å². The number of likely N-dealkylation sites (tertiary alicyclic amines) is 1. The average Bonchev–Trinajstić information content (AvgIpc) is 3.29. The Kier molecular flexibility index (Phi) is 8.13. The number of carbonyl (C=O) groups excluding carboxylic acids is 1. The van der Waals surface area contributed by atoms with Crippen molar-refractivity contribution in [3.8, 4) is 0 Å². The van der Waals surface area contributed by atoms with Crippen molar-refractivity contribution in [1.29, 1.82) is 0 Å². The number of halogens is 1. The van der Waals surface area contributed by atoms with E-state index in [-0.39, 0.29) is 11.9 Å². The molecule has 7 nitrogen and oxygen atoms in total. The molecule has 2 heterocycles. The molecule has 2 N–H and O–H groups in total. The Labute approximate surface area is 183 Å². The topological polar surface area (TPSA) is 74.5 Å². The molecule has 0 radical (unpaired) electrons. The van der Waals surface area contributed by atoms with E-state index in [9.17, 15) is 4.79 Å². The summed E-state index contributed by atoms with van der Waals surface area (Å²) < 4.78 is 1.94. The summed E-state index contributed by atoms with van der Waals surface area (Å²) in [4.78, 5) is 18.9. The van der Waals surface area contributed by atoms with Crippen LogP contribution >= 0.6 is 11.6 Å². The zero-order valence-corrected chi connectivity index (χ0v) is 18.5. The van der Waals surface area contributed by atoms with Crippen LogP contribution in [0, 0.1) is 5.92 Å². The minimum atomic E-state index is -0.00304. The molecule has 1 amide bonds. The Morgan fingerprint density at radius 1 is 1.30 bits per heavy atom. The average molecular weight is 431 g/mol. The number of carbonyl (C=O) groups is 1. The van der Waals surface area contributed by atoms with Gasteiger partial charge in [0.25, 0.3) is 0 Å². The van der Waals surface area contributed by atoms with Crippen LogP contribution < -0.4 is 10.6 Å². The summed E-state index contributed by atoms with van der Waals surface area (Å²) in [6.07, 6.45) is 6.35. The van der Waals surface area contributed by atoms with Crippen LogP contribution in [0.15, 0.2) is 47.7 Å². The molecule has 0 spiro atoms. The maximum absolute atomic E-state index is 11.7. The van der Waals surface area contributed by atoms with Crippen molar-refractivity contribution in [3.05, 3.63) is 53.3 Å². The number of hydrogen-bond acceptors (Lipinski definition) is 3. The van der Waals surface area contributed by atoms with Crippen LogP contribution in [0.2, 0.25) is 5.02 Å². The molecule has 0 aliphatic carbocycles. The fourth-order valence-corrected chi connectivity index (χ4v) is 3.93. The molecule has 0 bridgehead atoms. The Balaban J connectivity index is 1.70. The van der Waals surface area contributed by atoms with E-state index in [0.29, 0.717) is 18.9 Å². The number of piperidine rings is 1. The SMILES string of the molecule is CCNC(=NCC(c1ccc(Cl)cc1)n1cccn1)N1CCC(CC(=O)NC)CC1. The van der Waals surface area contributed by atoms with E-state index in [1.165, 1.54) is 0 Å². The molecule has 162 valence electrons. The van der Waals surface area contributed by atoms with Gasteiger partial charge in [0, 0.05) is 50.5 Å². The van der Waals surface area contributed by atoms with Gasteiger partial charge in [-0.2, -0.15) is 5.10 Å². The zero-order valence-electron chi connectivity index (χ0n) is 17.7. The first-order valence-electron chi connectivity index (χ1n) is 10.6. The minimum Gasteiger partial charge on any atom is -0.359 e. The highest BCUT2D eigenvalue weighted by molar-refractivity contribution is 6.30. The van der Waals surface area contributed by atoms with Gasteiger partial charge in [0.2, 0.25) is 5.91 Å². The number of guanidine groups is 1. The number of amides is 1. The lowest BCUT2D eigenvalue weighted by Crippen LogP contribution is -2.46. The largest absolute Gasteiger partial charge is 0.359 e. The summed E-state index contributed by atoms with van der Waals surface area (Å²) in [6.45, 7) is 5.27. The molecule has 0 saturated carbocycles. The van der Waals surface area contributed by atoms with Gasteiger partial charge in [0.1, 0.15) is 0 Å². The minimum absolute atomic E-state index is 0.00304. The van der Waals surface area contributed by atoms with Gasteiger partial charge in [-0.25, -0.2) is 0 Å². The molecule has 1 atom stereocenters. The van der Waals surface area contributed by atoms with Crippen molar-refractivity contribution < 1.29 is 4.79 Å². The van der Waals surface area contributed by atoms with Crippen molar-refractivity contribution in [1.82, 2.24) is 25.3 Å². The molecule has 1 aliphatic rings. The maximum Gasteiger partial charge on any atom is 0.220 e. The lowest BCUT2D eigenvalue weighted by atomic mass is 9.93. The van der Waals surface area contributed by atoms with E-state index in [0.717, 1.165) is 49.0 Å². The molecule has 1 aromatic carbocycles. The third-order valence-corrected chi connectivity index (χ3v) is 5.77. The van der Waals surface area contributed by atoms with Crippen molar-refractivity contribution in [2.75, 3.05) is 33.2 Å². The second-order valence-electron chi connectivity index (χ2n) is 7.56. The van der Waals surface area contributed by atoms with Gasteiger partial charge in [-0.05, 0) is 49.4 Å². The molecule has 1 fully saturated rings. The molecule has 2 aromatic rings. The van der Waals surface area contributed by atoms with Gasteiger partial charge in [-0.15, -0.1) is 0 Å². The fourth-order valence-electron chi connectivity index (χ4n) is 3.80. The van der Waals surface area contributed by atoms with Gasteiger partial charge in [0.05, 0.1) is 12.6 Å². The molecular formula is C22H31ClN6O. The van der Waals surface area contributed by atoms with Crippen molar-refractivity contribution in [3.63, 3.8) is 0 Å². The molecule has 1 aromatic heterocycles. The van der Waals surface area contributed by atoms with Crippen LogP contribution in [0.3, 0.4) is 0 Å². The number of benzene rings is 1.